The molecule has 7 nitrogen and oxygen atoms in total. The monoisotopic (exact) mass is 290 g/mol. The Balaban J connectivity index is 2.01. The van der Waals surface area contributed by atoms with Crippen LogP contribution in [-0.4, -0.2) is 41.8 Å². The van der Waals surface area contributed by atoms with Gasteiger partial charge in [0.05, 0.1) is 19.1 Å². The zero-order valence-electron chi connectivity index (χ0n) is 11.8. The summed E-state index contributed by atoms with van der Waals surface area (Å²) in [7, 11) is 0. The summed E-state index contributed by atoms with van der Waals surface area (Å²) in [6, 6.07) is 6.72. The van der Waals surface area contributed by atoms with Gasteiger partial charge in [0.25, 0.3) is 0 Å². The number of benzene rings is 1. The van der Waals surface area contributed by atoms with Gasteiger partial charge in [0.2, 0.25) is 17.7 Å². The molecule has 1 heterocycles. The second kappa shape index (κ2) is 6.47. The third-order valence-electron chi connectivity index (χ3n) is 3.39. The smallest absolute Gasteiger partial charge is 0.243 e. The second-order valence-electron chi connectivity index (χ2n) is 4.90. The predicted molar refractivity (Wildman–Crippen MR) is 77.1 cm³/mol. The van der Waals surface area contributed by atoms with E-state index >= 15 is 0 Å². The van der Waals surface area contributed by atoms with E-state index in [4.69, 9.17) is 5.73 Å². The van der Waals surface area contributed by atoms with Gasteiger partial charge in [-0.3, -0.25) is 24.6 Å². The summed E-state index contributed by atoms with van der Waals surface area (Å²) >= 11 is 0. The number of rotatable bonds is 4. The molecule has 112 valence electrons. The molecule has 3 amide bonds. The number of piperazine rings is 1. The van der Waals surface area contributed by atoms with Crippen LogP contribution in [0.25, 0.3) is 0 Å². The van der Waals surface area contributed by atoms with E-state index in [-0.39, 0.29) is 24.9 Å². The van der Waals surface area contributed by atoms with Gasteiger partial charge in [0, 0.05) is 12.2 Å². The quantitative estimate of drug-likeness (QED) is 0.644. The van der Waals surface area contributed by atoms with Gasteiger partial charge in [-0.15, -0.1) is 0 Å². The van der Waals surface area contributed by atoms with Crippen LogP contribution < -0.4 is 16.4 Å². The molecule has 1 aromatic carbocycles. The molecule has 2 rings (SSSR count). The van der Waals surface area contributed by atoms with E-state index in [1.165, 1.54) is 4.90 Å². The fourth-order valence-corrected chi connectivity index (χ4v) is 2.16. The first-order valence-electron chi connectivity index (χ1n) is 6.67. The maximum atomic E-state index is 12.1. The summed E-state index contributed by atoms with van der Waals surface area (Å²) in [5.41, 5.74) is 7.08. The van der Waals surface area contributed by atoms with Crippen molar-refractivity contribution in [2.75, 3.05) is 18.4 Å². The molecule has 0 saturated carbocycles. The number of hydrogen-bond donors (Lipinski definition) is 3. The van der Waals surface area contributed by atoms with Crippen molar-refractivity contribution in [2.24, 2.45) is 5.73 Å². The van der Waals surface area contributed by atoms with Crippen molar-refractivity contribution in [2.45, 2.75) is 19.5 Å². The third-order valence-corrected chi connectivity index (χ3v) is 3.39. The number of hydrogen-bond acceptors (Lipinski definition) is 5. The Labute approximate surface area is 122 Å². The Hall–Kier alpha value is -2.25. The Bertz CT molecular complexity index is 573. The lowest BCUT2D eigenvalue weighted by Gasteiger charge is -2.30. The Kier molecular flexibility index (Phi) is 4.66. The highest BCUT2D eigenvalue weighted by atomic mass is 16.2. The number of amides is 3. The lowest BCUT2D eigenvalue weighted by atomic mass is 10.1. The van der Waals surface area contributed by atoms with E-state index in [1.54, 1.807) is 19.1 Å². The molecule has 7 heteroatoms. The fourth-order valence-electron chi connectivity index (χ4n) is 2.16. The van der Waals surface area contributed by atoms with Gasteiger partial charge in [-0.2, -0.15) is 0 Å². The van der Waals surface area contributed by atoms with Gasteiger partial charge in [-0.05, 0) is 18.6 Å². The van der Waals surface area contributed by atoms with Crippen LogP contribution in [0.3, 0.4) is 0 Å². The van der Waals surface area contributed by atoms with E-state index in [1.807, 2.05) is 12.1 Å². The van der Waals surface area contributed by atoms with Gasteiger partial charge in [-0.25, -0.2) is 0 Å². The van der Waals surface area contributed by atoms with Crippen molar-refractivity contribution in [3.63, 3.8) is 0 Å². The summed E-state index contributed by atoms with van der Waals surface area (Å²) < 4.78 is 0. The maximum Gasteiger partial charge on any atom is 0.243 e. The van der Waals surface area contributed by atoms with Crippen molar-refractivity contribution >= 4 is 23.4 Å². The Morgan fingerprint density at radius 1 is 1.43 bits per heavy atom. The average Bonchev–Trinajstić information content (AvgIpc) is 2.44. The van der Waals surface area contributed by atoms with Crippen LogP contribution in [0.4, 0.5) is 5.69 Å². The SMILES string of the molecule is CC1C(=O)NC(=O)CN1CC(=O)Nc1ccccc1CN. The van der Waals surface area contributed by atoms with Crippen LogP contribution in [0.15, 0.2) is 24.3 Å². The van der Waals surface area contributed by atoms with E-state index < -0.39 is 11.9 Å². The molecular weight excluding hydrogens is 272 g/mol. The molecular formula is C14H18N4O3. The van der Waals surface area contributed by atoms with Crippen LogP contribution in [0.5, 0.6) is 0 Å². The van der Waals surface area contributed by atoms with Crippen molar-refractivity contribution in [1.82, 2.24) is 10.2 Å². The molecule has 1 fully saturated rings. The topological polar surface area (TPSA) is 105 Å². The first-order valence-corrected chi connectivity index (χ1v) is 6.67. The summed E-state index contributed by atoms with van der Waals surface area (Å²) in [6.07, 6.45) is 0. The van der Waals surface area contributed by atoms with Crippen molar-refractivity contribution in [3.05, 3.63) is 29.8 Å². The van der Waals surface area contributed by atoms with Gasteiger partial charge in [0.1, 0.15) is 0 Å². The van der Waals surface area contributed by atoms with Crippen molar-refractivity contribution in [1.29, 1.82) is 0 Å². The minimum Gasteiger partial charge on any atom is -0.326 e. The molecule has 1 atom stereocenters. The molecule has 0 spiro atoms. The number of carbonyl (C=O) groups excluding carboxylic acids is 3. The average molecular weight is 290 g/mol. The minimum atomic E-state index is -0.516. The largest absolute Gasteiger partial charge is 0.326 e. The molecule has 1 aromatic rings. The van der Waals surface area contributed by atoms with Crippen LogP contribution in [0.2, 0.25) is 0 Å². The molecule has 1 aliphatic heterocycles. The Morgan fingerprint density at radius 2 is 2.14 bits per heavy atom. The molecule has 0 bridgehead atoms. The van der Waals surface area contributed by atoms with Crippen LogP contribution in [0.1, 0.15) is 12.5 Å². The standard InChI is InChI=1S/C14H18N4O3/c1-9-14(21)17-13(20)8-18(9)7-12(19)16-11-5-3-2-4-10(11)6-15/h2-5,9H,6-8,15H2,1H3,(H,16,19)(H,17,20,21). The van der Waals surface area contributed by atoms with E-state index in [9.17, 15) is 14.4 Å². The third kappa shape index (κ3) is 3.65. The number of anilines is 1. The first kappa shape index (κ1) is 15.1. The number of nitrogens with zero attached hydrogens (tertiary/aromatic N) is 1. The van der Waals surface area contributed by atoms with Crippen molar-refractivity contribution in [3.8, 4) is 0 Å². The first-order chi connectivity index (χ1) is 10.0. The molecule has 0 radical (unpaired) electrons. The highest BCUT2D eigenvalue weighted by Gasteiger charge is 2.31. The van der Waals surface area contributed by atoms with Crippen molar-refractivity contribution < 1.29 is 14.4 Å². The van der Waals surface area contributed by atoms with Crippen LogP contribution >= 0.6 is 0 Å². The lowest BCUT2D eigenvalue weighted by molar-refractivity contribution is -0.140. The maximum absolute atomic E-state index is 12.1. The molecule has 1 aliphatic rings. The van der Waals surface area contributed by atoms with Gasteiger partial charge < -0.3 is 11.1 Å². The number of para-hydroxylation sites is 1. The molecule has 0 aromatic heterocycles. The van der Waals surface area contributed by atoms with Gasteiger partial charge in [0.15, 0.2) is 0 Å². The van der Waals surface area contributed by atoms with Gasteiger partial charge >= 0.3 is 0 Å². The zero-order chi connectivity index (χ0) is 15.4. The van der Waals surface area contributed by atoms with Crippen LogP contribution in [0, 0.1) is 0 Å². The van der Waals surface area contributed by atoms with E-state index in [2.05, 4.69) is 10.6 Å². The molecule has 21 heavy (non-hydrogen) atoms. The number of nitrogens with one attached hydrogen (secondary N) is 2. The zero-order valence-corrected chi connectivity index (χ0v) is 11.8. The Morgan fingerprint density at radius 3 is 2.86 bits per heavy atom. The number of carbonyl (C=O) groups is 3. The summed E-state index contributed by atoms with van der Waals surface area (Å²) in [5.74, 6) is -1.07. The number of imide groups is 1. The molecule has 1 saturated heterocycles. The normalized spacial score (nSPS) is 19.2. The second-order valence-corrected chi connectivity index (χ2v) is 4.90. The van der Waals surface area contributed by atoms with E-state index in [0.717, 1.165) is 5.56 Å². The van der Waals surface area contributed by atoms with E-state index in [0.29, 0.717) is 12.2 Å². The summed E-state index contributed by atoms with van der Waals surface area (Å²) in [4.78, 5) is 36.5. The highest BCUT2D eigenvalue weighted by molar-refractivity contribution is 6.02. The fraction of sp³-hybridized carbons (Fsp3) is 0.357. The highest BCUT2D eigenvalue weighted by Crippen LogP contribution is 2.14. The van der Waals surface area contributed by atoms with Crippen LogP contribution in [-0.2, 0) is 20.9 Å². The lowest BCUT2D eigenvalue weighted by Crippen LogP contribution is -2.58. The minimum absolute atomic E-state index is 0.0266. The summed E-state index contributed by atoms with van der Waals surface area (Å²) in [5, 5.41) is 4.99. The molecule has 4 N–H and O–H groups in total. The summed E-state index contributed by atoms with van der Waals surface area (Å²) in [6.45, 7) is 1.97. The predicted octanol–water partition coefficient (Wildman–Crippen LogP) is -0.569. The number of nitrogens with two attached hydrogens (primary N) is 1. The molecule has 1 unspecified atom stereocenters. The molecule has 0 aliphatic carbocycles. The van der Waals surface area contributed by atoms with Gasteiger partial charge in [-0.1, -0.05) is 18.2 Å².